The minimum Gasteiger partial charge on any atom is -0.478 e. The molecule has 0 fully saturated rings. The number of anilines is 1. The molecule has 2 amide bonds. The van der Waals surface area contributed by atoms with Crippen molar-refractivity contribution in [2.45, 2.75) is 20.8 Å². The summed E-state index contributed by atoms with van der Waals surface area (Å²) in [5.41, 5.74) is 3.12. The normalized spacial score (nSPS) is 10.3. The zero-order chi connectivity index (χ0) is 19.3. The lowest BCUT2D eigenvalue weighted by atomic mass is 10.1. The second kappa shape index (κ2) is 8.29. The van der Waals surface area contributed by atoms with Crippen LogP contribution in [0.5, 0.6) is 0 Å². The first-order chi connectivity index (χ1) is 12.3. The average Bonchev–Trinajstić information content (AvgIpc) is 2.62. The van der Waals surface area contributed by atoms with Crippen LogP contribution in [-0.2, 0) is 4.79 Å². The number of carbonyl (C=O) groups is 3. The Morgan fingerprint density at radius 1 is 0.962 bits per heavy atom. The maximum atomic E-state index is 12.6. The van der Waals surface area contributed by atoms with Gasteiger partial charge in [0, 0.05) is 17.8 Å². The van der Waals surface area contributed by atoms with E-state index in [1.165, 1.54) is 29.2 Å². The Bertz CT molecular complexity index is 808. The number of para-hydroxylation sites is 1. The van der Waals surface area contributed by atoms with E-state index in [0.29, 0.717) is 12.1 Å². The van der Waals surface area contributed by atoms with Gasteiger partial charge < -0.3 is 15.3 Å². The van der Waals surface area contributed by atoms with Gasteiger partial charge in [-0.15, -0.1) is 0 Å². The zero-order valence-electron chi connectivity index (χ0n) is 15.1. The van der Waals surface area contributed by atoms with Crippen LogP contribution in [0.4, 0.5) is 5.69 Å². The maximum absolute atomic E-state index is 12.6. The maximum Gasteiger partial charge on any atom is 0.335 e. The van der Waals surface area contributed by atoms with Gasteiger partial charge in [0.15, 0.2) is 0 Å². The lowest BCUT2D eigenvalue weighted by Crippen LogP contribution is -2.38. The molecule has 0 radical (unpaired) electrons. The Morgan fingerprint density at radius 3 is 2.00 bits per heavy atom. The highest BCUT2D eigenvalue weighted by Gasteiger charge is 2.18. The van der Waals surface area contributed by atoms with Crippen molar-refractivity contribution in [3.05, 3.63) is 64.7 Å². The minimum atomic E-state index is -1.05. The van der Waals surface area contributed by atoms with E-state index in [0.717, 1.165) is 16.8 Å². The molecule has 0 saturated heterocycles. The summed E-state index contributed by atoms with van der Waals surface area (Å²) in [5, 5.41) is 11.8. The van der Waals surface area contributed by atoms with E-state index >= 15 is 0 Å². The molecule has 0 atom stereocenters. The smallest absolute Gasteiger partial charge is 0.335 e. The number of carboxylic acid groups (broad SMARTS) is 1. The first kappa shape index (κ1) is 19.2. The molecule has 0 bridgehead atoms. The molecule has 2 aromatic carbocycles. The third-order valence-corrected chi connectivity index (χ3v) is 4.13. The van der Waals surface area contributed by atoms with Gasteiger partial charge in [0.2, 0.25) is 5.91 Å². The summed E-state index contributed by atoms with van der Waals surface area (Å²) in [7, 11) is 0. The highest BCUT2D eigenvalue weighted by molar-refractivity contribution is 6.00. The van der Waals surface area contributed by atoms with Crippen LogP contribution in [0.3, 0.4) is 0 Å². The standard InChI is InChI=1S/C20H22N2O4/c1-4-22(19(24)15-8-10-16(11-9-15)20(25)26)12-17(23)21-18-13(2)6-5-7-14(18)3/h5-11H,4,12H2,1-3H3,(H,21,23)(H,25,26). The third kappa shape index (κ3) is 4.47. The fourth-order valence-corrected chi connectivity index (χ4v) is 2.63. The van der Waals surface area contributed by atoms with Gasteiger partial charge >= 0.3 is 5.97 Å². The number of amides is 2. The molecule has 2 N–H and O–H groups in total. The molecular formula is C20H22N2O4. The Kier molecular flexibility index (Phi) is 6.11. The van der Waals surface area contributed by atoms with Crippen molar-refractivity contribution in [2.75, 3.05) is 18.4 Å². The van der Waals surface area contributed by atoms with Crippen LogP contribution >= 0.6 is 0 Å². The fourth-order valence-electron chi connectivity index (χ4n) is 2.63. The first-order valence-electron chi connectivity index (χ1n) is 8.32. The zero-order valence-corrected chi connectivity index (χ0v) is 15.1. The third-order valence-electron chi connectivity index (χ3n) is 4.13. The number of carbonyl (C=O) groups excluding carboxylic acids is 2. The topological polar surface area (TPSA) is 86.7 Å². The fraction of sp³-hybridized carbons (Fsp3) is 0.250. The predicted molar refractivity (Wildman–Crippen MR) is 99.5 cm³/mol. The molecular weight excluding hydrogens is 332 g/mol. The van der Waals surface area contributed by atoms with Crippen molar-refractivity contribution in [2.24, 2.45) is 0 Å². The first-order valence-corrected chi connectivity index (χ1v) is 8.32. The number of nitrogens with zero attached hydrogens (tertiary/aromatic N) is 1. The number of benzene rings is 2. The molecule has 0 heterocycles. The number of hydrogen-bond donors (Lipinski definition) is 2. The van der Waals surface area contributed by atoms with Crippen LogP contribution in [0.25, 0.3) is 0 Å². The minimum absolute atomic E-state index is 0.0796. The lowest BCUT2D eigenvalue weighted by molar-refractivity contribution is -0.116. The molecule has 0 aliphatic rings. The second-order valence-electron chi connectivity index (χ2n) is 6.02. The summed E-state index contributed by atoms with van der Waals surface area (Å²) in [5.74, 6) is -1.65. The van der Waals surface area contributed by atoms with E-state index < -0.39 is 5.97 Å². The summed E-state index contributed by atoms with van der Waals surface area (Å²) < 4.78 is 0. The van der Waals surface area contributed by atoms with E-state index in [9.17, 15) is 14.4 Å². The van der Waals surface area contributed by atoms with Crippen molar-refractivity contribution >= 4 is 23.5 Å². The number of rotatable bonds is 6. The molecule has 2 aromatic rings. The summed E-state index contributed by atoms with van der Waals surface area (Å²) in [4.78, 5) is 37.3. The number of hydrogen-bond acceptors (Lipinski definition) is 3. The van der Waals surface area contributed by atoms with Crippen molar-refractivity contribution in [3.8, 4) is 0 Å². The summed E-state index contributed by atoms with van der Waals surface area (Å²) in [6, 6.07) is 11.4. The number of likely N-dealkylation sites (N-methyl/N-ethyl adjacent to an activating group) is 1. The molecule has 0 saturated carbocycles. The van der Waals surface area contributed by atoms with E-state index in [1.807, 2.05) is 32.0 Å². The van der Waals surface area contributed by atoms with Crippen LogP contribution in [0.15, 0.2) is 42.5 Å². The molecule has 136 valence electrons. The molecule has 0 aliphatic heterocycles. The van der Waals surface area contributed by atoms with Crippen molar-refractivity contribution in [1.29, 1.82) is 0 Å². The monoisotopic (exact) mass is 354 g/mol. The lowest BCUT2D eigenvalue weighted by Gasteiger charge is -2.21. The van der Waals surface area contributed by atoms with Crippen molar-refractivity contribution in [1.82, 2.24) is 4.90 Å². The molecule has 6 heteroatoms. The quantitative estimate of drug-likeness (QED) is 0.834. The molecule has 0 aromatic heterocycles. The summed E-state index contributed by atoms with van der Waals surface area (Å²) in [6.45, 7) is 5.89. The number of aromatic carboxylic acids is 1. The van der Waals surface area contributed by atoms with Crippen LogP contribution < -0.4 is 5.32 Å². The second-order valence-corrected chi connectivity index (χ2v) is 6.02. The van der Waals surface area contributed by atoms with Gasteiger partial charge in [-0.2, -0.15) is 0 Å². The Hall–Kier alpha value is -3.15. The number of nitrogens with one attached hydrogen (secondary N) is 1. The predicted octanol–water partition coefficient (Wildman–Crippen LogP) is 3.10. The molecule has 0 unspecified atom stereocenters. The highest BCUT2D eigenvalue weighted by Crippen LogP contribution is 2.19. The largest absolute Gasteiger partial charge is 0.478 e. The Balaban J connectivity index is 2.09. The van der Waals surface area contributed by atoms with E-state index in [1.54, 1.807) is 6.92 Å². The molecule has 0 spiro atoms. The number of aryl methyl sites for hydroxylation is 2. The molecule has 26 heavy (non-hydrogen) atoms. The Labute approximate surface area is 152 Å². The summed E-state index contributed by atoms with van der Waals surface area (Å²) >= 11 is 0. The Morgan fingerprint density at radius 2 is 1.50 bits per heavy atom. The van der Waals surface area contributed by atoms with Crippen LogP contribution in [0.2, 0.25) is 0 Å². The summed E-state index contributed by atoms with van der Waals surface area (Å²) in [6.07, 6.45) is 0. The van der Waals surface area contributed by atoms with E-state index in [2.05, 4.69) is 5.32 Å². The van der Waals surface area contributed by atoms with Crippen LogP contribution in [0, 0.1) is 13.8 Å². The average molecular weight is 354 g/mol. The van der Waals surface area contributed by atoms with Crippen LogP contribution in [-0.4, -0.2) is 40.9 Å². The molecule has 0 aliphatic carbocycles. The van der Waals surface area contributed by atoms with E-state index in [4.69, 9.17) is 5.11 Å². The number of carboxylic acids is 1. The van der Waals surface area contributed by atoms with Crippen molar-refractivity contribution in [3.63, 3.8) is 0 Å². The molecule has 6 nitrogen and oxygen atoms in total. The van der Waals surface area contributed by atoms with Gasteiger partial charge in [0.05, 0.1) is 5.56 Å². The van der Waals surface area contributed by atoms with Gasteiger partial charge in [-0.25, -0.2) is 4.79 Å². The highest BCUT2D eigenvalue weighted by atomic mass is 16.4. The van der Waals surface area contributed by atoms with Gasteiger partial charge in [-0.1, -0.05) is 18.2 Å². The SMILES string of the molecule is CCN(CC(=O)Nc1c(C)cccc1C)C(=O)c1ccc(C(=O)O)cc1. The molecule has 2 rings (SSSR count). The van der Waals surface area contributed by atoms with Crippen molar-refractivity contribution < 1.29 is 19.5 Å². The van der Waals surface area contributed by atoms with E-state index in [-0.39, 0.29) is 23.9 Å². The van der Waals surface area contributed by atoms with Gasteiger partial charge in [0.25, 0.3) is 5.91 Å². The van der Waals surface area contributed by atoms with Gasteiger partial charge in [-0.05, 0) is 56.2 Å². The van der Waals surface area contributed by atoms with Gasteiger partial charge in [0.1, 0.15) is 6.54 Å². The van der Waals surface area contributed by atoms with Gasteiger partial charge in [-0.3, -0.25) is 9.59 Å². The van der Waals surface area contributed by atoms with Crippen LogP contribution in [0.1, 0.15) is 38.8 Å².